The number of hydrogen-bond donors (Lipinski definition) is 2. The van der Waals surface area contributed by atoms with Crippen LogP contribution in [0, 0.1) is 11.3 Å². The van der Waals surface area contributed by atoms with E-state index in [4.69, 9.17) is 5.73 Å². The normalized spacial score (nSPS) is 14.2. The van der Waals surface area contributed by atoms with Crippen LogP contribution in [0.3, 0.4) is 0 Å². The fourth-order valence-corrected chi connectivity index (χ4v) is 4.36. The van der Waals surface area contributed by atoms with Crippen molar-refractivity contribution in [1.82, 2.24) is 9.13 Å². The van der Waals surface area contributed by atoms with Crippen molar-refractivity contribution < 1.29 is 9.67 Å². The maximum absolute atomic E-state index is 12.4. The number of pyridine rings is 1. The van der Waals surface area contributed by atoms with E-state index < -0.39 is 17.1 Å². The van der Waals surface area contributed by atoms with Crippen molar-refractivity contribution in [1.29, 1.82) is 5.26 Å². The second-order valence-corrected chi connectivity index (χ2v) is 8.85. The Morgan fingerprint density at radius 2 is 1.94 bits per heavy atom. The zero-order valence-electron chi connectivity index (χ0n) is 19.5. The van der Waals surface area contributed by atoms with E-state index in [-0.39, 0.29) is 11.0 Å². The lowest BCUT2D eigenvalue weighted by Gasteiger charge is -2.15. The van der Waals surface area contributed by atoms with Crippen LogP contribution in [-0.2, 0) is 26.1 Å². The largest absolute Gasteiger partial charge is 0.494 e. The number of nitriles is 1. The van der Waals surface area contributed by atoms with Crippen LogP contribution >= 0.6 is 0 Å². The van der Waals surface area contributed by atoms with Gasteiger partial charge in [0.05, 0.1) is 17.1 Å². The molecule has 3 aromatic rings. The molecular weight excluding hydrogens is 430 g/mol. The lowest BCUT2D eigenvalue weighted by Crippen LogP contribution is -2.37. The molecule has 0 bridgehead atoms. The number of nitrogens with zero attached hydrogens (tertiary/aromatic N) is 4. The molecule has 3 heterocycles. The van der Waals surface area contributed by atoms with Crippen molar-refractivity contribution in [3.63, 3.8) is 0 Å². The van der Waals surface area contributed by atoms with Crippen LogP contribution in [0.5, 0.6) is 5.88 Å². The van der Waals surface area contributed by atoms with Crippen LogP contribution in [0.1, 0.15) is 41.8 Å². The van der Waals surface area contributed by atoms with Gasteiger partial charge >= 0.3 is 5.69 Å². The van der Waals surface area contributed by atoms with Gasteiger partial charge in [0.1, 0.15) is 5.56 Å². The van der Waals surface area contributed by atoms with Gasteiger partial charge in [-0.1, -0.05) is 12.1 Å². The summed E-state index contributed by atoms with van der Waals surface area (Å²) in [6.45, 7) is 4.75. The molecule has 0 unspecified atom stereocenters. The molecule has 1 aliphatic rings. The minimum absolute atomic E-state index is 0.0325. The minimum atomic E-state index is -0.620. The van der Waals surface area contributed by atoms with Crippen molar-refractivity contribution in [2.75, 3.05) is 0 Å². The molecule has 2 aromatic heterocycles. The highest BCUT2D eigenvalue weighted by molar-refractivity contribution is 5.79. The lowest BCUT2D eigenvalue weighted by molar-refractivity contribution is -0.599. The predicted molar refractivity (Wildman–Crippen MR) is 129 cm³/mol. The lowest BCUT2D eigenvalue weighted by atomic mass is 9.82. The van der Waals surface area contributed by atoms with Crippen LogP contribution in [0.2, 0.25) is 0 Å². The summed E-state index contributed by atoms with van der Waals surface area (Å²) in [5, 5.41) is 20.0. The standard InChI is InChI=1S/C26H25N5O3/c1-26(2)20-12-16(14-27)8-9-21(20)31-11-10-17(13-22(26)31)18(15-28)6-5-7-19-23(32)29(3)25(34)30(4)24(19)33/h5-13H,14,27H2,1-4H3/p+1. The Labute approximate surface area is 196 Å². The smallest absolute Gasteiger partial charge is 0.333 e. The van der Waals surface area contributed by atoms with Gasteiger partial charge in [0, 0.05) is 50.0 Å². The Balaban J connectivity index is 1.74. The SMILES string of the molecule is Cn1c(O)c(/C=C/C=C(\C#N)c2cc[n+]3c(c2)C(C)(C)c2cc(CN)ccc2-3)c(=O)n(C)c1=O. The van der Waals surface area contributed by atoms with E-state index in [9.17, 15) is 20.0 Å². The molecule has 8 nitrogen and oxygen atoms in total. The van der Waals surface area contributed by atoms with Gasteiger partial charge in [0.25, 0.3) is 5.56 Å². The molecule has 8 heteroatoms. The quantitative estimate of drug-likeness (QED) is 0.353. The highest BCUT2D eigenvalue weighted by Gasteiger charge is 2.43. The van der Waals surface area contributed by atoms with E-state index >= 15 is 0 Å². The number of fused-ring (bicyclic) bond motifs is 3. The summed E-state index contributed by atoms with van der Waals surface area (Å²) >= 11 is 0. The maximum Gasteiger partial charge on any atom is 0.333 e. The monoisotopic (exact) mass is 456 g/mol. The summed E-state index contributed by atoms with van der Waals surface area (Å²) in [5.74, 6) is -0.429. The van der Waals surface area contributed by atoms with Crippen molar-refractivity contribution in [2.24, 2.45) is 19.8 Å². The summed E-state index contributed by atoms with van der Waals surface area (Å²) in [7, 11) is 2.72. The van der Waals surface area contributed by atoms with E-state index in [0.717, 1.165) is 31.6 Å². The van der Waals surface area contributed by atoms with Gasteiger partial charge < -0.3 is 10.8 Å². The molecule has 0 amide bonds. The molecule has 172 valence electrons. The van der Waals surface area contributed by atoms with Gasteiger partial charge in [-0.15, -0.1) is 0 Å². The number of hydrogen-bond acceptors (Lipinski definition) is 5. The van der Waals surface area contributed by atoms with Crippen LogP contribution in [-0.4, -0.2) is 14.2 Å². The number of benzene rings is 1. The summed E-state index contributed by atoms with van der Waals surface area (Å²) in [5.41, 5.74) is 9.80. The average Bonchev–Trinajstić information content (AvgIpc) is 3.07. The van der Waals surface area contributed by atoms with Crippen LogP contribution in [0.25, 0.3) is 17.3 Å². The second-order valence-electron chi connectivity index (χ2n) is 8.85. The first kappa shape index (κ1) is 23.0. The third-order valence-electron chi connectivity index (χ3n) is 6.45. The van der Waals surface area contributed by atoms with E-state index in [2.05, 4.69) is 36.6 Å². The topological polar surface area (TPSA) is 118 Å². The maximum atomic E-state index is 12.4. The van der Waals surface area contributed by atoms with Crippen molar-refractivity contribution in [3.05, 3.63) is 97.5 Å². The molecule has 1 aliphatic heterocycles. The van der Waals surface area contributed by atoms with Gasteiger partial charge in [-0.25, -0.2) is 4.79 Å². The third kappa shape index (κ3) is 3.47. The molecule has 4 rings (SSSR count). The highest BCUT2D eigenvalue weighted by atomic mass is 16.3. The van der Waals surface area contributed by atoms with Gasteiger partial charge in [-0.05, 0) is 37.6 Å². The van der Waals surface area contributed by atoms with E-state index in [1.54, 1.807) is 6.08 Å². The number of rotatable bonds is 4. The van der Waals surface area contributed by atoms with Crippen LogP contribution in [0.4, 0.5) is 0 Å². The molecule has 0 atom stereocenters. The molecule has 0 saturated heterocycles. The Hall–Kier alpha value is -4.22. The van der Waals surface area contributed by atoms with Gasteiger partial charge in [-0.2, -0.15) is 9.83 Å². The first-order chi connectivity index (χ1) is 16.1. The number of aromatic nitrogens is 3. The minimum Gasteiger partial charge on any atom is -0.494 e. The summed E-state index contributed by atoms with van der Waals surface area (Å²) < 4.78 is 4.03. The van der Waals surface area contributed by atoms with Gasteiger partial charge in [-0.3, -0.25) is 13.9 Å². The molecular formula is C26H26N5O3+. The first-order valence-corrected chi connectivity index (χ1v) is 10.8. The first-order valence-electron chi connectivity index (χ1n) is 10.8. The molecule has 0 radical (unpaired) electrons. The summed E-state index contributed by atoms with van der Waals surface area (Å²) in [6.07, 6.45) is 6.44. The van der Waals surface area contributed by atoms with Crippen LogP contribution < -0.4 is 21.5 Å². The van der Waals surface area contributed by atoms with Gasteiger partial charge in [0.15, 0.2) is 11.9 Å². The van der Waals surface area contributed by atoms with Crippen LogP contribution in [0.15, 0.2) is 58.3 Å². The molecule has 34 heavy (non-hydrogen) atoms. The third-order valence-corrected chi connectivity index (χ3v) is 6.45. The van der Waals surface area contributed by atoms with Gasteiger partial charge in [0.2, 0.25) is 11.6 Å². The summed E-state index contributed by atoms with van der Waals surface area (Å²) in [6, 6.07) is 12.3. The number of aromatic hydroxyl groups is 1. The number of nitrogens with two attached hydrogens (primary N) is 1. The zero-order valence-corrected chi connectivity index (χ0v) is 19.5. The Morgan fingerprint density at radius 1 is 1.21 bits per heavy atom. The van der Waals surface area contributed by atoms with Crippen molar-refractivity contribution in [2.45, 2.75) is 25.8 Å². The highest BCUT2D eigenvalue weighted by Crippen LogP contribution is 2.39. The Morgan fingerprint density at radius 3 is 2.62 bits per heavy atom. The van der Waals surface area contributed by atoms with E-state index in [1.807, 2.05) is 24.4 Å². The fourth-order valence-electron chi connectivity index (χ4n) is 4.36. The van der Waals surface area contributed by atoms with E-state index in [0.29, 0.717) is 12.1 Å². The summed E-state index contributed by atoms with van der Waals surface area (Å²) in [4.78, 5) is 24.3. The Bertz CT molecular complexity index is 1550. The Kier molecular flexibility index (Phi) is 5.59. The molecule has 0 fully saturated rings. The molecule has 3 N–H and O–H groups in total. The molecule has 0 saturated carbocycles. The van der Waals surface area contributed by atoms with Crippen molar-refractivity contribution >= 4 is 11.6 Å². The molecule has 0 aliphatic carbocycles. The van der Waals surface area contributed by atoms with Crippen molar-refractivity contribution in [3.8, 4) is 17.6 Å². The number of allylic oxidation sites excluding steroid dienone is 3. The van der Waals surface area contributed by atoms with E-state index in [1.165, 1.54) is 31.8 Å². The molecule has 1 aromatic carbocycles. The fraction of sp³-hybridized carbons (Fsp3) is 0.231. The predicted octanol–water partition coefficient (Wildman–Crippen LogP) is 1.78. The molecule has 0 spiro atoms. The average molecular weight is 457 g/mol. The second kappa shape index (κ2) is 8.28. The zero-order chi connectivity index (χ0) is 24.8.